The standard InChI is InChI=1S/C18H25N3O/c1-3-4-5-10-18(22)20-17-9-7-6-8-16(17)19-15-11-13-21(2)14-12-15/h3-10,15,19H,11-14H2,1-2H3,(H,20,22). The number of rotatable bonds is 5. The van der Waals surface area contributed by atoms with Gasteiger partial charge in [0.15, 0.2) is 0 Å². The molecule has 4 nitrogen and oxygen atoms in total. The zero-order valence-corrected chi connectivity index (χ0v) is 13.4. The second-order valence-electron chi connectivity index (χ2n) is 5.64. The smallest absolute Gasteiger partial charge is 0.248 e. The Kier molecular flexibility index (Phi) is 6.22. The molecule has 0 saturated carbocycles. The van der Waals surface area contributed by atoms with Gasteiger partial charge >= 0.3 is 0 Å². The summed E-state index contributed by atoms with van der Waals surface area (Å²) in [6.45, 7) is 4.14. The van der Waals surface area contributed by atoms with Crippen molar-refractivity contribution < 1.29 is 4.79 Å². The van der Waals surface area contributed by atoms with Crippen LogP contribution in [0.2, 0.25) is 0 Å². The fourth-order valence-electron chi connectivity index (χ4n) is 2.52. The molecule has 118 valence electrons. The number of amides is 1. The van der Waals surface area contributed by atoms with Crippen LogP contribution in [-0.4, -0.2) is 37.0 Å². The van der Waals surface area contributed by atoms with Crippen molar-refractivity contribution in [2.24, 2.45) is 0 Å². The molecule has 1 fully saturated rings. The Hall–Kier alpha value is -2.07. The molecule has 4 heteroatoms. The van der Waals surface area contributed by atoms with Crippen molar-refractivity contribution in [2.75, 3.05) is 30.8 Å². The Labute approximate surface area is 132 Å². The lowest BCUT2D eigenvalue weighted by molar-refractivity contribution is -0.111. The largest absolute Gasteiger partial charge is 0.381 e. The number of piperidine rings is 1. The molecule has 0 spiro atoms. The van der Waals surface area contributed by atoms with Crippen LogP contribution in [-0.2, 0) is 4.79 Å². The fraction of sp³-hybridized carbons (Fsp3) is 0.389. The third-order valence-electron chi connectivity index (χ3n) is 3.81. The van der Waals surface area contributed by atoms with E-state index in [9.17, 15) is 4.79 Å². The van der Waals surface area contributed by atoms with E-state index in [1.165, 1.54) is 6.08 Å². The Bertz CT molecular complexity index is 543. The lowest BCUT2D eigenvalue weighted by Gasteiger charge is -2.30. The van der Waals surface area contributed by atoms with Gasteiger partial charge in [0.25, 0.3) is 0 Å². The van der Waals surface area contributed by atoms with Crippen molar-refractivity contribution >= 4 is 17.3 Å². The summed E-state index contributed by atoms with van der Waals surface area (Å²) < 4.78 is 0. The first-order valence-electron chi connectivity index (χ1n) is 7.83. The van der Waals surface area contributed by atoms with Crippen LogP contribution >= 0.6 is 0 Å². The van der Waals surface area contributed by atoms with Crippen LogP contribution in [0.4, 0.5) is 11.4 Å². The highest BCUT2D eigenvalue weighted by Gasteiger charge is 2.17. The van der Waals surface area contributed by atoms with E-state index in [1.807, 2.05) is 43.3 Å². The molecule has 2 N–H and O–H groups in total. The topological polar surface area (TPSA) is 44.4 Å². The quantitative estimate of drug-likeness (QED) is 0.648. The van der Waals surface area contributed by atoms with E-state index in [1.54, 1.807) is 6.08 Å². The predicted octanol–water partition coefficient (Wildman–Crippen LogP) is 3.26. The normalized spacial score (nSPS) is 17.2. The number of nitrogens with one attached hydrogen (secondary N) is 2. The van der Waals surface area contributed by atoms with E-state index in [2.05, 4.69) is 22.6 Å². The van der Waals surface area contributed by atoms with Crippen molar-refractivity contribution in [3.05, 3.63) is 48.6 Å². The number of nitrogens with zero attached hydrogens (tertiary/aromatic N) is 1. The molecule has 0 aromatic heterocycles. The zero-order chi connectivity index (χ0) is 15.8. The second-order valence-corrected chi connectivity index (χ2v) is 5.64. The Morgan fingerprint density at radius 3 is 2.55 bits per heavy atom. The van der Waals surface area contributed by atoms with E-state index in [0.29, 0.717) is 6.04 Å². The third-order valence-corrected chi connectivity index (χ3v) is 3.81. The van der Waals surface area contributed by atoms with Gasteiger partial charge in [-0.1, -0.05) is 30.4 Å². The number of likely N-dealkylation sites (tertiary alicyclic amines) is 1. The fourth-order valence-corrected chi connectivity index (χ4v) is 2.52. The second kappa shape index (κ2) is 8.39. The molecule has 0 unspecified atom stereocenters. The Morgan fingerprint density at radius 1 is 1.18 bits per heavy atom. The Balaban J connectivity index is 1.99. The minimum absolute atomic E-state index is 0.115. The van der Waals surface area contributed by atoms with Gasteiger partial charge in [-0.2, -0.15) is 0 Å². The van der Waals surface area contributed by atoms with Crippen LogP contribution in [0.3, 0.4) is 0 Å². The average molecular weight is 299 g/mol. The first-order chi connectivity index (χ1) is 10.7. The molecule has 1 amide bonds. The summed E-state index contributed by atoms with van der Waals surface area (Å²) in [5.41, 5.74) is 1.82. The van der Waals surface area contributed by atoms with Gasteiger partial charge in [0, 0.05) is 12.1 Å². The van der Waals surface area contributed by atoms with Crippen LogP contribution in [0.25, 0.3) is 0 Å². The highest BCUT2D eigenvalue weighted by molar-refractivity contribution is 6.01. The molecule has 0 bridgehead atoms. The lowest BCUT2D eigenvalue weighted by Crippen LogP contribution is -2.36. The van der Waals surface area contributed by atoms with Gasteiger partial charge in [0.05, 0.1) is 11.4 Å². The molecule has 22 heavy (non-hydrogen) atoms. The molecule has 0 aliphatic carbocycles. The molecule has 1 aromatic rings. The van der Waals surface area contributed by atoms with Crippen LogP contribution < -0.4 is 10.6 Å². The maximum Gasteiger partial charge on any atom is 0.248 e. The van der Waals surface area contributed by atoms with E-state index in [0.717, 1.165) is 37.3 Å². The van der Waals surface area contributed by atoms with Gasteiger partial charge in [-0.05, 0) is 52.0 Å². The van der Waals surface area contributed by atoms with Crippen LogP contribution in [0.15, 0.2) is 48.6 Å². The van der Waals surface area contributed by atoms with Crippen LogP contribution in [0.1, 0.15) is 19.8 Å². The summed E-state index contributed by atoms with van der Waals surface area (Å²) in [4.78, 5) is 14.3. The van der Waals surface area contributed by atoms with Crippen molar-refractivity contribution in [3.63, 3.8) is 0 Å². The molecular formula is C18H25N3O. The van der Waals surface area contributed by atoms with E-state index < -0.39 is 0 Å². The van der Waals surface area contributed by atoms with Crippen molar-refractivity contribution in [2.45, 2.75) is 25.8 Å². The summed E-state index contributed by atoms with van der Waals surface area (Å²) in [6.07, 6.45) is 9.25. The number of carbonyl (C=O) groups is 1. The monoisotopic (exact) mass is 299 g/mol. The predicted molar refractivity (Wildman–Crippen MR) is 93.2 cm³/mol. The molecule has 1 heterocycles. The molecule has 1 saturated heterocycles. The van der Waals surface area contributed by atoms with E-state index in [4.69, 9.17) is 0 Å². The number of hydrogen-bond acceptors (Lipinski definition) is 3. The number of hydrogen-bond donors (Lipinski definition) is 2. The number of benzene rings is 1. The average Bonchev–Trinajstić information content (AvgIpc) is 2.52. The van der Waals surface area contributed by atoms with Gasteiger partial charge < -0.3 is 15.5 Å². The highest BCUT2D eigenvalue weighted by Crippen LogP contribution is 2.24. The summed E-state index contributed by atoms with van der Waals surface area (Å²) in [6, 6.07) is 8.34. The summed E-state index contributed by atoms with van der Waals surface area (Å²) in [5.74, 6) is -0.115. The zero-order valence-electron chi connectivity index (χ0n) is 13.4. The molecule has 1 aliphatic heterocycles. The maximum atomic E-state index is 11.9. The van der Waals surface area contributed by atoms with Gasteiger partial charge in [-0.3, -0.25) is 4.79 Å². The summed E-state index contributed by atoms with van der Waals surface area (Å²) >= 11 is 0. The van der Waals surface area contributed by atoms with Crippen molar-refractivity contribution in [3.8, 4) is 0 Å². The molecule has 1 aliphatic rings. The molecular weight excluding hydrogens is 274 g/mol. The molecule has 1 aromatic carbocycles. The Morgan fingerprint density at radius 2 is 1.86 bits per heavy atom. The highest BCUT2D eigenvalue weighted by atomic mass is 16.1. The van der Waals surface area contributed by atoms with Crippen molar-refractivity contribution in [1.82, 2.24) is 4.90 Å². The van der Waals surface area contributed by atoms with Crippen LogP contribution in [0.5, 0.6) is 0 Å². The van der Waals surface area contributed by atoms with E-state index in [-0.39, 0.29) is 5.91 Å². The SMILES string of the molecule is CC=CC=CC(=O)Nc1ccccc1NC1CCN(C)CC1. The number of para-hydroxylation sites is 2. The first-order valence-corrected chi connectivity index (χ1v) is 7.83. The molecule has 2 rings (SSSR count). The van der Waals surface area contributed by atoms with E-state index >= 15 is 0 Å². The lowest BCUT2D eigenvalue weighted by atomic mass is 10.0. The molecule has 0 radical (unpaired) electrons. The van der Waals surface area contributed by atoms with Gasteiger partial charge in [-0.15, -0.1) is 0 Å². The summed E-state index contributed by atoms with van der Waals surface area (Å²) in [7, 11) is 2.15. The maximum absolute atomic E-state index is 11.9. The van der Waals surface area contributed by atoms with Gasteiger partial charge in [-0.25, -0.2) is 0 Å². The van der Waals surface area contributed by atoms with Crippen molar-refractivity contribution in [1.29, 1.82) is 0 Å². The first kappa shape index (κ1) is 16.3. The minimum Gasteiger partial charge on any atom is -0.381 e. The number of carbonyl (C=O) groups excluding carboxylic acids is 1. The summed E-state index contributed by atoms with van der Waals surface area (Å²) in [5, 5.41) is 6.50. The molecule has 0 atom stereocenters. The van der Waals surface area contributed by atoms with Gasteiger partial charge in [0.1, 0.15) is 0 Å². The number of anilines is 2. The van der Waals surface area contributed by atoms with Gasteiger partial charge in [0.2, 0.25) is 5.91 Å². The van der Waals surface area contributed by atoms with Crippen LogP contribution in [0, 0.1) is 0 Å². The minimum atomic E-state index is -0.115. The third kappa shape index (κ3) is 5.04. The number of allylic oxidation sites excluding steroid dienone is 3.